The standard InChI is InChI=1S/C49H33N5/c1-5-15-34(16-6-1)38-28-46(36-19-9-3-10-20-36)53-48(30-38)44-25-13-23-42(51-44)40-27-41(33-50-32-40)43-24-14-26-45(52-43)49-31-39(35-17-7-2-8-18-35)29-47(54-49)37-21-11-4-12-22-37/h1-33H. The summed E-state index contributed by atoms with van der Waals surface area (Å²) in [5.74, 6) is 0. The van der Waals surface area contributed by atoms with Crippen molar-refractivity contribution in [3.8, 4) is 90.1 Å². The molecule has 0 spiro atoms. The number of pyridine rings is 5. The molecule has 5 aromatic heterocycles. The van der Waals surface area contributed by atoms with E-state index >= 15 is 0 Å². The topological polar surface area (TPSA) is 64.5 Å². The maximum absolute atomic E-state index is 5.13. The van der Waals surface area contributed by atoms with Gasteiger partial charge in [-0.1, -0.05) is 133 Å². The molecule has 5 heteroatoms. The zero-order valence-electron chi connectivity index (χ0n) is 29.3. The minimum Gasteiger partial charge on any atom is -0.263 e. The van der Waals surface area contributed by atoms with Crippen molar-refractivity contribution < 1.29 is 0 Å². The average Bonchev–Trinajstić information content (AvgIpc) is 3.27. The summed E-state index contributed by atoms with van der Waals surface area (Å²) in [5, 5.41) is 0. The summed E-state index contributed by atoms with van der Waals surface area (Å²) in [7, 11) is 0. The first kappa shape index (κ1) is 32.5. The van der Waals surface area contributed by atoms with Gasteiger partial charge in [0, 0.05) is 34.6 Å². The van der Waals surface area contributed by atoms with Gasteiger partial charge in [-0.05, 0) is 76.9 Å². The predicted molar refractivity (Wildman–Crippen MR) is 219 cm³/mol. The van der Waals surface area contributed by atoms with Gasteiger partial charge in [0.15, 0.2) is 0 Å². The summed E-state index contributed by atoms with van der Waals surface area (Å²) in [5.41, 5.74) is 14.9. The molecule has 9 rings (SSSR count). The van der Waals surface area contributed by atoms with Crippen LogP contribution in [-0.2, 0) is 0 Å². The van der Waals surface area contributed by atoms with Crippen molar-refractivity contribution in [2.45, 2.75) is 0 Å². The van der Waals surface area contributed by atoms with Gasteiger partial charge in [-0.15, -0.1) is 0 Å². The van der Waals surface area contributed by atoms with Crippen molar-refractivity contribution in [1.82, 2.24) is 24.9 Å². The lowest BCUT2D eigenvalue weighted by Crippen LogP contribution is -1.95. The second-order valence-electron chi connectivity index (χ2n) is 13.0. The fourth-order valence-electron chi connectivity index (χ4n) is 6.63. The van der Waals surface area contributed by atoms with Gasteiger partial charge in [-0.25, -0.2) is 19.9 Å². The van der Waals surface area contributed by atoms with Crippen molar-refractivity contribution in [2.24, 2.45) is 0 Å². The van der Waals surface area contributed by atoms with Crippen LogP contribution in [0.3, 0.4) is 0 Å². The SMILES string of the molecule is c1ccc(-c2cc(-c3ccccc3)nc(-c3cccc(-c4cncc(-c5cccc(-c6cc(-c7ccccc7)cc(-c7ccccc7)n6)n5)c4)n3)c2)cc1. The summed E-state index contributed by atoms with van der Waals surface area (Å²) in [6.07, 6.45) is 3.69. The summed E-state index contributed by atoms with van der Waals surface area (Å²) >= 11 is 0. The number of hydrogen-bond acceptors (Lipinski definition) is 5. The third-order valence-electron chi connectivity index (χ3n) is 9.36. The van der Waals surface area contributed by atoms with Crippen LogP contribution in [0.15, 0.2) is 200 Å². The molecule has 0 aliphatic carbocycles. The Hall–Kier alpha value is -7.37. The molecule has 0 bridgehead atoms. The van der Waals surface area contributed by atoms with E-state index < -0.39 is 0 Å². The molecule has 0 radical (unpaired) electrons. The van der Waals surface area contributed by atoms with Crippen molar-refractivity contribution >= 4 is 0 Å². The molecule has 0 amide bonds. The molecule has 4 aromatic carbocycles. The highest BCUT2D eigenvalue weighted by Crippen LogP contribution is 2.33. The minimum atomic E-state index is 0.784. The Morgan fingerprint density at radius 1 is 0.204 bits per heavy atom. The normalized spacial score (nSPS) is 11.0. The largest absolute Gasteiger partial charge is 0.263 e. The van der Waals surface area contributed by atoms with Crippen molar-refractivity contribution in [3.63, 3.8) is 0 Å². The van der Waals surface area contributed by atoms with Gasteiger partial charge in [0.1, 0.15) is 0 Å². The van der Waals surface area contributed by atoms with Crippen molar-refractivity contribution in [1.29, 1.82) is 0 Å². The Labute approximate surface area is 314 Å². The molecule has 0 saturated carbocycles. The molecule has 0 N–H and O–H groups in total. The minimum absolute atomic E-state index is 0.784. The molecule has 5 nitrogen and oxygen atoms in total. The highest BCUT2D eigenvalue weighted by molar-refractivity contribution is 5.79. The number of rotatable bonds is 8. The van der Waals surface area contributed by atoms with Gasteiger partial charge in [-0.3, -0.25) is 4.98 Å². The van der Waals surface area contributed by atoms with Gasteiger partial charge in [0.05, 0.1) is 45.6 Å². The maximum atomic E-state index is 5.13. The molecular weight excluding hydrogens is 659 g/mol. The van der Waals surface area contributed by atoms with E-state index in [9.17, 15) is 0 Å². The summed E-state index contributed by atoms with van der Waals surface area (Å²) in [6.45, 7) is 0. The van der Waals surface area contributed by atoms with Crippen LogP contribution < -0.4 is 0 Å². The lowest BCUT2D eigenvalue weighted by molar-refractivity contribution is 1.22. The van der Waals surface area contributed by atoms with Crippen LogP contribution in [0.5, 0.6) is 0 Å². The molecule has 0 fully saturated rings. The fraction of sp³-hybridized carbons (Fsp3) is 0. The molecule has 0 saturated heterocycles. The number of aromatic nitrogens is 5. The molecule has 0 aliphatic heterocycles. The maximum Gasteiger partial charge on any atom is 0.0900 e. The van der Waals surface area contributed by atoms with Gasteiger partial charge >= 0.3 is 0 Å². The molecule has 5 heterocycles. The van der Waals surface area contributed by atoms with Crippen molar-refractivity contribution in [3.05, 3.63) is 200 Å². The second-order valence-corrected chi connectivity index (χ2v) is 13.0. The third kappa shape index (κ3) is 6.94. The average molecular weight is 692 g/mol. The van der Waals surface area contributed by atoms with E-state index in [4.69, 9.17) is 19.9 Å². The predicted octanol–water partition coefficient (Wildman–Crippen LogP) is 12.0. The molecule has 0 atom stereocenters. The third-order valence-corrected chi connectivity index (χ3v) is 9.36. The summed E-state index contributed by atoms with van der Waals surface area (Å²) in [6, 6.07) is 64.0. The molecule has 0 aliphatic rings. The van der Waals surface area contributed by atoms with Crippen LogP contribution >= 0.6 is 0 Å². The highest BCUT2D eigenvalue weighted by Gasteiger charge is 2.14. The van der Waals surface area contributed by atoms with Crippen LogP contribution in [0, 0.1) is 0 Å². The van der Waals surface area contributed by atoms with E-state index in [0.29, 0.717) is 0 Å². The van der Waals surface area contributed by atoms with Crippen LogP contribution in [0.4, 0.5) is 0 Å². The Morgan fingerprint density at radius 3 is 0.944 bits per heavy atom. The molecule has 0 unspecified atom stereocenters. The van der Waals surface area contributed by atoms with Gasteiger partial charge < -0.3 is 0 Å². The van der Waals surface area contributed by atoms with Crippen molar-refractivity contribution in [2.75, 3.05) is 0 Å². The van der Waals surface area contributed by atoms with Gasteiger partial charge in [0.2, 0.25) is 0 Å². The number of benzene rings is 4. The zero-order valence-corrected chi connectivity index (χ0v) is 29.3. The molecule has 54 heavy (non-hydrogen) atoms. The quantitative estimate of drug-likeness (QED) is 0.159. The van der Waals surface area contributed by atoms with E-state index in [2.05, 4.69) is 108 Å². The molecular formula is C49H33N5. The van der Waals surface area contributed by atoms with Gasteiger partial charge in [-0.2, -0.15) is 0 Å². The lowest BCUT2D eigenvalue weighted by Gasteiger charge is -2.12. The monoisotopic (exact) mass is 691 g/mol. The van der Waals surface area contributed by atoms with E-state index in [1.54, 1.807) is 0 Å². The molecule has 254 valence electrons. The van der Waals surface area contributed by atoms with E-state index in [0.717, 1.165) is 90.1 Å². The van der Waals surface area contributed by atoms with E-state index in [-0.39, 0.29) is 0 Å². The Morgan fingerprint density at radius 2 is 0.537 bits per heavy atom. The summed E-state index contributed by atoms with van der Waals surface area (Å²) < 4.78 is 0. The first-order valence-corrected chi connectivity index (χ1v) is 17.9. The Kier molecular flexibility index (Phi) is 8.86. The molecule has 9 aromatic rings. The van der Waals surface area contributed by atoms with Crippen LogP contribution in [-0.4, -0.2) is 24.9 Å². The second kappa shape index (κ2) is 14.7. The smallest absolute Gasteiger partial charge is 0.0900 e. The van der Waals surface area contributed by atoms with Crippen LogP contribution in [0.25, 0.3) is 90.1 Å². The van der Waals surface area contributed by atoms with E-state index in [1.807, 2.05) is 97.3 Å². The van der Waals surface area contributed by atoms with E-state index in [1.165, 1.54) is 0 Å². The Balaban J connectivity index is 1.08. The summed E-state index contributed by atoms with van der Waals surface area (Å²) in [4.78, 5) is 25.1. The van der Waals surface area contributed by atoms with Crippen LogP contribution in [0.2, 0.25) is 0 Å². The lowest BCUT2D eigenvalue weighted by atomic mass is 10.0. The zero-order chi connectivity index (χ0) is 36.1. The fourth-order valence-corrected chi connectivity index (χ4v) is 6.63. The first-order valence-electron chi connectivity index (χ1n) is 17.9. The highest BCUT2D eigenvalue weighted by atomic mass is 14.8. The number of hydrogen-bond donors (Lipinski definition) is 0. The van der Waals surface area contributed by atoms with Crippen LogP contribution in [0.1, 0.15) is 0 Å². The van der Waals surface area contributed by atoms with Gasteiger partial charge in [0.25, 0.3) is 0 Å². The first-order chi connectivity index (χ1) is 26.7. The number of nitrogens with zero attached hydrogens (tertiary/aromatic N) is 5. The Bertz CT molecular complexity index is 2400.